The average molecular weight is 1710 g/mol. The zero-order valence-electron chi connectivity index (χ0n) is 71.6. The third-order valence-electron chi connectivity index (χ3n) is 18.3. The maximum Gasteiger partial charge on any atom is 0.338 e. The van der Waals surface area contributed by atoms with Crippen molar-refractivity contribution in [1.29, 1.82) is 0 Å². The van der Waals surface area contributed by atoms with Crippen LogP contribution in [0.25, 0.3) is 0 Å². The van der Waals surface area contributed by atoms with Gasteiger partial charge in [0.25, 0.3) is 0 Å². The second-order valence-corrected chi connectivity index (χ2v) is 29.5. The van der Waals surface area contributed by atoms with E-state index in [1.54, 1.807) is 62.4 Å². The van der Waals surface area contributed by atoms with Gasteiger partial charge in [0.15, 0.2) is 0 Å². The lowest BCUT2D eigenvalue weighted by molar-refractivity contribution is 0.0517. The Hall–Kier alpha value is -16.5. The van der Waals surface area contributed by atoms with Crippen molar-refractivity contribution >= 4 is 163 Å². The highest BCUT2D eigenvalue weighted by atomic mass is 35.5. The zero-order valence-corrected chi connectivity index (χ0v) is 72.3. The van der Waals surface area contributed by atoms with Crippen LogP contribution >= 0.6 is 11.6 Å². The van der Waals surface area contributed by atoms with E-state index in [1.807, 2.05) is 290 Å². The summed E-state index contributed by atoms with van der Waals surface area (Å²) >= 11 is 6.28. The number of nitrogens with zero attached hydrogens (tertiary/aromatic N) is 12. The SMILES string of the molecule is CCOC(=O)c1ccc(Nc2nc(Nc3ccc(C)cc3)nc(Nc3cccc(C)c3)n2)cc1.CCOC(=O)c1ccc(Nc2nc(Nc3ccccc3)nc(Nc3cccc(C)c3)n2)cc1.Cc1ccc(Nc2nc(Nc3ccc(C)cc3)nc(Nc3cccc(C)c3)n2)cc1.Cc1ccc(Nc2nc(Nc3cccc(C)c3)nc(Nc3ccccc3Cl)n2)cc1. The number of hydrogen-bond acceptors (Lipinski definition) is 28. The third-order valence-corrected chi connectivity index (χ3v) is 18.7. The van der Waals surface area contributed by atoms with Crippen molar-refractivity contribution < 1.29 is 19.1 Å². The Balaban J connectivity index is 0.000000145. The van der Waals surface area contributed by atoms with Crippen LogP contribution in [-0.2, 0) is 9.47 Å². The van der Waals surface area contributed by atoms with Gasteiger partial charge in [0.05, 0.1) is 35.1 Å². The summed E-state index contributed by atoms with van der Waals surface area (Å²) < 4.78 is 10.1. The Morgan fingerprint density at radius 2 is 0.417 bits per heavy atom. The summed E-state index contributed by atoms with van der Waals surface area (Å²) in [4.78, 5) is 78.0. The number of anilines is 24. The van der Waals surface area contributed by atoms with Crippen LogP contribution in [0.4, 0.5) is 140 Å². The molecule has 0 aliphatic heterocycles. The van der Waals surface area contributed by atoms with Gasteiger partial charge in [0, 0.05) is 62.6 Å². The maximum absolute atomic E-state index is 11.9. The number of benzene rings is 12. The Morgan fingerprint density at radius 3 is 0.646 bits per heavy atom. The lowest BCUT2D eigenvalue weighted by Gasteiger charge is -2.12. The van der Waals surface area contributed by atoms with E-state index in [-0.39, 0.29) is 11.9 Å². The molecule has 29 heteroatoms. The summed E-state index contributed by atoms with van der Waals surface area (Å²) in [5.41, 5.74) is 20.4. The smallest absolute Gasteiger partial charge is 0.338 e. The van der Waals surface area contributed by atoms with Crippen LogP contribution in [0.2, 0.25) is 5.02 Å². The first-order valence-electron chi connectivity index (χ1n) is 40.8. The number of carbonyl (C=O) groups excluding carboxylic acids is 2. The average Bonchev–Trinajstić information content (AvgIpc) is 0.837. The van der Waals surface area contributed by atoms with Gasteiger partial charge in [-0.2, -0.15) is 59.8 Å². The molecule has 12 aromatic carbocycles. The number of esters is 2. The fourth-order valence-corrected chi connectivity index (χ4v) is 12.2. The van der Waals surface area contributed by atoms with Crippen LogP contribution in [0.3, 0.4) is 0 Å². The first kappa shape index (κ1) is 88.3. The fourth-order valence-electron chi connectivity index (χ4n) is 12.0. The topological polar surface area (TPSA) is 352 Å². The quantitative estimate of drug-likeness (QED) is 0.0203. The normalized spacial score (nSPS) is 10.4. The Bertz CT molecular complexity index is 6280. The molecule has 0 fully saturated rings. The molecule has 16 aromatic rings. The molecule has 28 nitrogen and oxygen atoms in total. The van der Waals surface area contributed by atoms with Gasteiger partial charge < -0.3 is 73.3 Å². The summed E-state index contributed by atoms with van der Waals surface area (Å²) in [6.07, 6.45) is 0. The lowest BCUT2D eigenvalue weighted by Crippen LogP contribution is -2.08. The third kappa shape index (κ3) is 28.0. The van der Waals surface area contributed by atoms with Crippen molar-refractivity contribution in [3.05, 3.63) is 358 Å². The van der Waals surface area contributed by atoms with Gasteiger partial charge in [0.2, 0.25) is 71.4 Å². The second kappa shape index (κ2) is 43.8. The standard InChI is InChI=1S/C26H26N6O2.C25H24N6O2.C24H24N6.C23H21ClN6/c1-4-34-23(33)19-10-14-21(15-11-19)28-25-30-24(27-20-12-8-17(2)9-13-20)31-26(32-25)29-22-7-5-6-18(3)16-22;1-3-33-22(32)18-12-14-20(15-13-18)27-24-29-23(26-19-9-5-4-6-10-19)30-25(31-24)28-21-11-7-8-17(2)16-21;1-16-7-11-19(12-8-16)25-22-28-23(26-20-13-9-17(2)10-14-20)30-24(29-22)27-21-6-4-5-18(3)15-21;1-15-10-12-17(13-11-15)25-21-28-22(26-18-7-5-6-16(2)14-18)30-23(29-21)27-20-9-4-3-8-19(20)24/h5-16H,4H2,1-3H3,(H3,27,28,29,30,31,32);4-16H,3H2,1-2H3,(H3,26,27,28,29,30,31);4-15H,1-3H3,(H3,25,26,27,28,29,30);3-14H,1-2H3,(H3,25,26,27,28,29,30). The van der Waals surface area contributed by atoms with Crippen molar-refractivity contribution in [2.75, 3.05) is 77.0 Å². The highest BCUT2D eigenvalue weighted by Crippen LogP contribution is 2.30. The Morgan fingerprint density at radius 1 is 0.220 bits per heavy atom. The van der Waals surface area contributed by atoms with Crippen LogP contribution in [0.15, 0.2) is 297 Å². The van der Waals surface area contributed by atoms with Crippen LogP contribution in [-0.4, -0.2) is 85.0 Å². The van der Waals surface area contributed by atoms with Crippen molar-refractivity contribution in [2.45, 2.75) is 69.2 Å². The van der Waals surface area contributed by atoms with Gasteiger partial charge >= 0.3 is 11.9 Å². The van der Waals surface area contributed by atoms with Crippen molar-refractivity contribution in [2.24, 2.45) is 0 Å². The number of halogens is 1. The van der Waals surface area contributed by atoms with Gasteiger partial charge in [-0.15, -0.1) is 0 Å². The molecule has 0 spiro atoms. The van der Waals surface area contributed by atoms with Gasteiger partial charge in [-0.1, -0.05) is 161 Å². The van der Waals surface area contributed by atoms with Gasteiger partial charge in [0.1, 0.15) is 0 Å². The van der Waals surface area contributed by atoms with Gasteiger partial charge in [-0.05, 0) is 261 Å². The Kier molecular flexibility index (Phi) is 30.5. The van der Waals surface area contributed by atoms with Crippen LogP contribution in [0.5, 0.6) is 0 Å². The number of para-hydroxylation sites is 2. The van der Waals surface area contributed by atoms with Gasteiger partial charge in [-0.25, -0.2) is 9.59 Å². The first-order chi connectivity index (χ1) is 61.6. The molecule has 16 rings (SSSR count). The van der Waals surface area contributed by atoms with E-state index in [0.29, 0.717) is 106 Å². The minimum absolute atomic E-state index is 0.331. The number of aryl methyl sites for hydroxylation is 8. The molecule has 0 bridgehead atoms. The summed E-state index contributed by atoms with van der Waals surface area (Å²) in [5.74, 6) is 4.12. The molecule has 0 radical (unpaired) electrons. The molecule has 638 valence electrons. The number of nitrogens with one attached hydrogen (secondary N) is 12. The molecule has 4 aromatic heterocycles. The molecule has 0 amide bonds. The number of hydrogen-bond donors (Lipinski definition) is 12. The molecular weight excluding hydrogens is 1610 g/mol. The van der Waals surface area contributed by atoms with Gasteiger partial charge in [-0.3, -0.25) is 0 Å². The van der Waals surface area contributed by atoms with Crippen molar-refractivity contribution in [1.82, 2.24) is 59.8 Å². The molecule has 0 atom stereocenters. The van der Waals surface area contributed by atoms with Crippen LogP contribution in [0, 0.1) is 55.4 Å². The summed E-state index contributed by atoms with van der Waals surface area (Å²) in [6, 6.07) is 95.1. The highest BCUT2D eigenvalue weighted by molar-refractivity contribution is 6.33. The largest absolute Gasteiger partial charge is 0.462 e. The van der Waals surface area contributed by atoms with E-state index in [4.69, 9.17) is 21.1 Å². The second-order valence-electron chi connectivity index (χ2n) is 29.1. The minimum Gasteiger partial charge on any atom is -0.462 e. The molecule has 0 aliphatic rings. The van der Waals surface area contributed by atoms with Crippen molar-refractivity contribution in [3.63, 3.8) is 0 Å². The molecule has 0 saturated heterocycles. The van der Waals surface area contributed by atoms with E-state index in [9.17, 15) is 9.59 Å². The number of carbonyl (C=O) groups is 2. The minimum atomic E-state index is -0.358. The molecule has 0 unspecified atom stereocenters. The highest BCUT2D eigenvalue weighted by Gasteiger charge is 2.17. The Labute approximate surface area is 742 Å². The summed E-state index contributed by atoms with van der Waals surface area (Å²) in [5, 5.41) is 39.3. The van der Waals surface area contributed by atoms with E-state index >= 15 is 0 Å². The lowest BCUT2D eigenvalue weighted by atomic mass is 10.2. The molecule has 12 N–H and O–H groups in total. The summed E-state index contributed by atoms with van der Waals surface area (Å²) in [7, 11) is 0. The zero-order chi connectivity index (χ0) is 88.8. The van der Waals surface area contributed by atoms with Crippen molar-refractivity contribution in [3.8, 4) is 0 Å². The number of ether oxygens (including phenoxy) is 2. The predicted molar refractivity (Wildman–Crippen MR) is 511 cm³/mol. The molecule has 127 heavy (non-hydrogen) atoms. The van der Waals surface area contributed by atoms with E-state index in [2.05, 4.69) is 137 Å². The monoisotopic (exact) mass is 1710 g/mol. The van der Waals surface area contributed by atoms with Crippen LogP contribution < -0.4 is 63.8 Å². The molecule has 0 aliphatic carbocycles. The number of aromatic nitrogens is 12. The number of rotatable bonds is 28. The van der Waals surface area contributed by atoms with Crippen LogP contribution in [0.1, 0.15) is 79.1 Å². The first-order valence-corrected chi connectivity index (χ1v) is 41.2. The maximum atomic E-state index is 11.9. The van der Waals surface area contributed by atoms with E-state index in [1.165, 1.54) is 16.7 Å². The van der Waals surface area contributed by atoms with E-state index < -0.39 is 0 Å². The predicted octanol–water partition coefficient (Wildman–Crippen LogP) is 23.9. The molecular formula is C98H95ClN24O4. The summed E-state index contributed by atoms with van der Waals surface area (Å²) in [6.45, 7) is 20.5. The molecule has 4 heterocycles. The fraction of sp³-hybridized carbons (Fsp3) is 0.122. The van der Waals surface area contributed by atoms with E-state index in [0.717, 1.165) is 90.4 Å². The molecule has 0 saturated carbocycles.